The molecule has 0 atom stereocenters. The molecule has 7 aromatic carbocycles. The van der Waals surface area contributed by atoms with Gasteiger partial charge in [-0.15, -0.1) is 0 Å². The first kappa shape index (κ1) is 30.6. The van der Waals surface area contributed by atoms with E-state index in [-0.39, 0.29) is 0 Å². The second kappa shape index (κ2) is 12.9. The molecule has 0 fully saturated rings. The molecular weight excluding hydrogens is 645 g/mol. The minimum Gasteiger partial charge on any atom is -0.306 e. The predicted molar refractivity (Wildman–Crippen MR) is 218 cm³/mol. The molecular formula is C49H32N4. The lowest BCUT2D eigenvalue weighted by Gasteiger charge is -2.12. The Bertz CT molecular complexity index is 2930. The van der Waals surface area contributed by atoms with E-state index < -0.39 is 0 Å². The maximum absolute atomic E-state index is 5.18. The lowest BCUT2D eigenvalue weighted by Crippen LogP contribution is -1.96. The molecule has 10 aromatic rings. The van der Waals surface area contributed by atoms with Crippen molar-refractivity contribution in [2.75, 3.05) is 0 Å². The van der Waals surface area contributed by atoms with Crippen LogP contribution >= 0.6 is 0 Å². The highest BCUT2D eigenvalue weighted by atomic mass is 14.9. The summed E-state index contributed by atoms with van der Waals surface area (Å²) in [7, 11) is 0. The topological polar surface area (TPSA) is 43.1 Å². The molecule has 0 N–H and O–H groups in total. The zero-order valence-corrected chi connectivity index (χ0v) is 28.8. The van der Waals surface area contributed by atoms with Gasteiger partial charge in [-0.25, -0.2) is 15.0 Å². The Morgan fingerprint density at radius 1 is 0.302 bits per heavy atom. The third-order valence-corrected chi connectivity index (χ3v) is 9.98. The molecule has 4 nitrogen and oxygen atoms in total. The summed E-state index contributed by atoms with van der Waals surface area (Å²) in [4.78, 5) is 15.4. The molecule has 0 saturated heterocycles. The molecule has 0 spiro atoms. The third kappa shape index (κ3) is 5.63. The van der Waals surface area contributed by atoms with Gasteiger partial charge in [-0.3, -0.25) is 0 Å². The van der Waals surface area contributed by atoms with Crippen molar-refractivity contribution < 1.29 is 0 Å². The standard InChI is InChI=1S/C49H32N4/c1-3-13-33(14-4-1)38-19-12-21-41(30-38)49-51-43(35-15-5-2-6-16-35)32-44(52-49)39-20-11-18-37(29-39)34-25-27-36(28-26-34)48-47-31-40-17-7-9-23-45(40)53(47)46-24-10-8-22-42(46)50-48/h1-32H. The molecule has 10 rings (SSSR count). The Balaban J connectivity index is 1.05. The predicted octanol–water partition coefficient (Wildman–Crippen LogP) is 12.4. The molecule has 0 saturated carbocycles. The SMILES string of the molecule is c1ccc(-c2cccc(-c3nc(-c4ccccc4)cc(-c4cccc(-c5ccc(-c6nc7ccccc7n7c6cc6ccccc67)cc5)c4)n3)c2)cc1. The number of rotatable bonds is 6. The summed E-state index contributed by atoms with van der Waals surface area (Å²) in [5, 5.41) is 1.20. The first-order valence-corrected chi connectivity index (χ1v) is 17.9. The summed E-state index contributed by atoms with van der Waals surface area (Å²) in [6.45, 7) is 0. The van der Waals surface area contributed by atoms with Gasteiger partial charge in [-0.2, -0.15) is 0 Å². The molecule has 53 heavy (non-hydrogen) atoms. The van der Waals surface area contributed by atoms with Gasteiger partial charge in [0.25, 0.3) is 0 Å². The van der Waals surface area contributed by atoms with Gasteiger partial charge in [0.1, 0.15) is 0 Å². The Kier molecular flexibility index (Phi) is 7.43. The van der Waals surface area contributed by atoms with E-state index in [4.69, 9.17) is 15.0 Å². The lowest BCUT2D eigenvalue weighted by atomic mass is 9.98. The summed E-state index contributed by atoms with van der Waals surface area (Å²) in [5.74, 6) is 0.695. The van der Waals surface area contributed by atoms with Crippen molar-refractivity contribution >= 4 is 27.5 Å². The van der Waals surface area contributed by atoms with Gasteiger partial charge in [0.15, 0.2) is 5.82 Å². The van der Waals surface area contributed by atoms with E-state index in [9.17, 15) is 0 Å². The maximum Gasteiger partial charge on any atom is 0.160 e. The molecule has 4 heteroatoms. The number of benzene rings is 7. The van der Waals surface area contributed by atoms with Crippen molar-refractivity contribution in [1.82, 2.24) is 19.4 Å². The molecule has 0 radical (unpaired) electrons. The lowest BCUT2D eigenvalue weighted by molar-refractivity contribution is 1.18. The quantitative estimate of drug-likeness (QED) is 0.176. The Hall–Kier alpha value is -7.17. The summed E-state index contributed by atoms with van der Waals surface area (Å²) in [6, 6.07) is 67.9. The molecule has 0 unspecified atom stereocenters. The average Bonchev–Trinajstić information content (AvgIpc) is 3.64. The molecule has 3 heterocycles. The third-order valence-electron chi connectivity index (χ3n) is 9.98. The van der Waals surface area contributed by atoms with E-state index in [1.54, 1.807) is 0 Å². The van der Waals surface area contributed by atoms with Crippen LogP contribution in [0.1, 0.15) is 0 Å². The monoisotopic (exact) mass is 676 g/mol. The van der Waals surface area contributed by atoms with Gasteiger partial charge < -0.3 is 4.40 Å². The fraction of sp³-hybridized carbons (Fsp3) is 0. The normalized spacial score (nSPS) is 11.4. The van der Waals surface area contributed by atoms with Gasteiger partial charge in [0.2, 0.25) is 0 Å². The first-order chi connectivity index (χ1) is 26.2. The highest BCUT2D eigenvalue weighted by Gasteiger charge is 2.15. The second-order valence-corrected chi connectivity index (χ2v) is 13.3. The number of aromatic nitrogens is 4. The van der Waals surface area contributed by atoms with Crippen LogP contribution in [0.15, 0.2) is 194 Å². The summed E-state index contributed by atoms with van der Waals surface area (Å²) < 4.78 is 2.34. The van der Waals surface area contributed by atoms with Gasteiger partial charge in [0.05, 0.1) is 39.1 Å². The number of para-hydroxylation sites is 3. The highest BCUT2D eigenvalue weighted by Crippen LogP contribution is 2.35. The van der Waals surface area contributed by atoms with Crippen molar-refractivity contribution in [2.45, 2.75) is 0 Å². The summed E-state index contributed by atoms with van der Waals surface area (Å²) in [6.07, 6.45) is 0. The van der Waals surface area contributed by atoms with E-state index in [2.05, 4.69) is 174 Å². The fourth-order valence-electron chi connectivity index (χ4n) is 7.35. The van der Waals surface area contributed by atoms with E-state index in [1.165, 1.54) is 10.9 Å². The van der Waals surface area contributed by atoms with Crippen LogP contribution in [0.3, 0.4) is 0 Å². The molecule has 0 bridgehead atoms. The second-order valence-electron chi connectivity index (χ2n) is 13.3. The van der Waals surface area contributed by atoms with Crippen molar-refractivity contribution in [1.29, 1.82) is 0 Å². The van der Waals surface area contributed by atoms with Crippen LogP contribution in [-0.4, -0.2) is 19.4 Å². The summed E-state index contributed by atoms with van der Waals surface area (Å²) in [5.41, 5.74) is 15.8. The Morgan fingerprint density at radius 3 is 1.58 bits per heavy atom. The van der Waals surface area contributed by atoms with Crippen LogP contribution in [0, 0.1) is 0 Å². The first-order valence-electron chi connectivity index (χ1n) is 17.9. The van der Waals surface area contributed by atoms with Gasteiger partial charge in [0, 0.05) is 27.6 Å². The highest BCUT2D eigenvalue weighted by molar-refractivity contribution is 5.98. The Morgan fingerprint density at radius 2 is 0.830 bits per heavy atom. The van der Waals surface area contributed by atoms with Crippen LogP contribution in [0.25, 0.3) is 94.9 Å². The minimum absolute atomic E-state index is 0.695. The Labute approximate surface area is 307 Å². The minimum atomic E-state index is 0.695. The van der Waals surface area contributed by atoms with Crippen LogP contribution < -0.4 is 0 Å². The smallest absolute Gasteiger partial charge is 0.160 e. The molecule has 0 aliphatic rings. The van der Waals surface area contributed by atoms with Gasteiger partial charge in [-0.1, -0.05) is 152 Å². The molecule has 0 aliphatic heterocycles. The van der Waals surface area contributed by atoms with Crippen molar-refractivity contribution in [3.8, 4) is 67.4 Å². The van der Waals surface area contributed by atoms with E-state index in [1.807, 2.05) is 24.3 Å². The van der Waals surface area contributed by atoms with Crippen LogP contribution in [0.5, 0.6) is 0 Å². The van der Waals surface area contributed by atoms with Gasteiger partial charge >= 0.3 is 0 Å². The zero-order chi connectivity index (χ0) is 35.1. The number of hydrogen-bond acceptors (Lipinski definition) is 3. The summed E-state index contributed by atoms with van der Waals surface area (Å²) >= 11 is 0. The fourth-order valence-corrected chi connectivity index (χ4v) is 7.35. The van der Waals surface area contributed by atoms with Crippen molar-refractivity contribution in [2.24, 2.45) is 0 Å². The van der Waals surface area contributed by atoms with Crippen molar-refractivity contribution in [3.63, 3.8) is 0 Å². The molecule has 3 aromatic heterocycles. The van der Waals surface area contributed by atoms with E-state index in [0.717, 1.165) is 78.1 Å². The van der Waals surface area contributed by atoms with Crippen LogP contribution in [0.2, 0.25) is 0 Å². The molecule has 0 amide bonds. The van der Waals surface area contributed by atoms with Crippen molar-refractivity contribution in [3.05, 3.63) is 194 Å². The number of hydrogen-bond donors (Lipinski definition) is 0. The largest absolute Gasteiger partial charge is 0.306 e. The molecule has 248 valence electrons. The zero-order valence-electron chi connectivity index (χ0n) is 28.8. The van der Waals surface area contributed by atoms with Crippen LogP contribution in [-0.2, 0) is 0 Å². The average molecular weight is 677 g/mol. The maximum atomic E-state index is 5.18. The van der Waals surface area contributed by atoms with Crippen LogP contribution in [0.4, 0.5) is 0 Å². The number of nitrogens with zero attached hydrogens (tertiary/aromatic N) is 4. The molecule has 0 aliphatic carbocycles. The van der Waals surface area contributed by atoms with E-state index >= 15 is 0 Å². The number of fused-ring (bicyclic) bond motifs is 5. The van der Waals surface area contributed by atoms with E-state index in [0.29, 0.717) is 5.82 Å². The van der Waals surface area contributed by atoms with Gasteiger partial charge in [-0.05, 0) is 64.7 Å².